The van der Waals surface area contributed by atoms with Crippen LogP contribution in [-0.4, -0.2) is 22.4 Å². The summed E-state index contributed by atoms with van der Waals surface area (Å²) in [6.07, 6.45) is 3.43. The number of aliphatic hydroxyl groups excluding tert-OH is 1. The van der Waals surface area contributed by atoms with Gasteiger partial charge in [0.2, 0.25) is 0 Å². The van der Waals surface area contributed by atoms with Gasteiger partial charge in [0.15, 0.2) is 0 Å². The van der Waals surface area contributed by atoms with Crippen molar-refractivity contribution < 1.29 is 10.2 Å². The largest absolute Gasteiger partial charge is 0.396 e. The third-order valence-corrected chi connectivity index (χ3v) is 3.26. The molecule has 1 rings (SSSR count). The van der Waals surface area contributed by atoms with Gasteiger partial charge in [-0.25, -0.2) is 0 Å². The van der Waals surface area contributed by atoms with E-state index < -0.39 is 5.60 Å². The van der Waals surface area contributed by atoms with Crippen molar-refractivity contribution in [2.75, 3.05) is 6.61 Å². The van der Waals surface area contributed by atoms with E-state index in [1.807, 2.05) is 13.8 Å². The minimum Gasteiger partial charge on any atom is -0.396 e. The van der Waals surface area contributed by atoms with Crippen LogP contribution in [0, 0.1) is 5.92 Å². The first-order chi connectivity index (χ1) is 6.49. The summed E-state index contributed by atoms with van der Waals surface area (Å²) in [5.74, 6) is 0.564. The topological polar surface area (TPSA) is 40.5 Å². The molecule has 2 N–H and O–H groups in total. The first-order valence-corrected chi connectivity index (χ1v) is 5.49. The van der Waals surface area contributed by atoms with E-state index in [4.69, 9.17) is 5.11 Å². The summed E-state index contributed by atoms with van der Waals surface area (Å²) in [6.45, 7) is 6.34. The van der Waals surface area contributed by atoms with E-state index in [0.29, 0.717) is 12.3 Å². The Morgan fingerprint density at radius 2 is 2.14 bits per heavy atom. The molecule has 0 aromatic carbocycles. The Balaban J connectivity index is 2.89. The maximum absolute atomic E-state index is 10.5. The first-order valence-electron chi connectivity index (χ1n) is 5.49. The second-order valence-electron chi connectivity index (χ2n) is 4.83. The summed E-state index contributed by atoms with van der Waals surface area (Å²) in [5.41, 5.74) is 1.64. The molecule has 14 heavy (non-hydrogen) atoms. The molecule has 2 nitrogen and oxygen atoms in total. The molecule has 1 unspecified atom stereocenters. The van der Waals surface area contributed by atoms with Gasteiger partial charge in [0.05, 0.1) is 5.60 Å². The third kappa shape index (κ3) is 2.37. The highest BCUT2D eigenvalue weighted by Gasteiger charge is 2.36. The van der Waals surface area contributed by atoms with Crippen LogP contribution in [0.2, 0.25) is 0 Å². The van der Waals surface area contributed by atoms with Crippen molar-refractivity contribution in [3.05, 3.63) is 11.1 Å². The second-order valence-corrected chi connectivity index (χ2v) is 4.83. The van der Waals surface area contributed by atoms with Crippen LogP contribution in [0.4, 0.5) is 0 Å². The number of aliphatic hydroxyl groups is 2. The lowest BCUT2D eigenvalue weighted by atomic mass is 9.72. The molecule has 0 radical (unpaired) electrons. The van der Waals surface area contributed by atoms with E-state index in [9.17, 15) is 5.11 Å². The van der Waals surface area contributed by atoms with Gasteiger partial charge < -0.3 is 10.2 Å². The van der Waals surface area contributed by atoms with Gasteiger partial charge in [-0.05, 0) is 44.6 Å². The number of allylic oxidation sites excluding steroid dienone is 1. The molecule has 0 bridgehead atoms. The number of hydrogen-bond donors (Lipinski definition) is 2. The molecular weight excluding hydrogens is 176 g/mol. The van der Waals surface area contributed by atoms with Gasteiger partial charge in [0.25, 0.3) is 0 Å². The van der Waals surface area contributed by atoms with Crippen molar-refractivity contribution in [3.8, 4) is 0 Å². The van der Waals surface area contributed by atoms with Gasteiger partial charge in [0, 0.05) is 13.0 Å². The molecule has 2 heteroatoms. The van der Waals surface area contributed by atoms with Crippen LogP contribution in [0.3, 0.4) is 0 Å². The highest BCUT2D eigenvalue weighted by molar-refractivity contribution is 5.24. The van der Waals surface area contributed by atoms with Crippen molar-refractivity contribution in [3.63, 3.8) is 0 Å². The molecule has 1 aliphatic rings. The van der Waals surface area contributed by atoms with Gasteiger partial charge in [-0.15, -0.1) is 0 Å². The molecule has 2 atom stereocenters. The Morgan fingerprint density at radius 3 is 2.64 bits per heavy atom. The normalized spacial score (nSPS) is 33.2. The monoisotopic (exact) mass is 198 g/mol. The minimum atomic E-state index is -0.731. The summed E-state index contributed by atoms with van der Waals surface area (Å²) < 4.78 is 0. The minimum absolute atomic E-state index is 0.0694. The summed E-state index contributed by atoms with van der Waals surface area (Å²) in [4.78, 5) is 0. The quantitative estimate of drug-likeness (QED) is 0.668. The Morgan fingerprint density at radius 1 is 1.50 bits per heavy atom. The lowest BCUT2D eigenvalue weighted by Crippen LogP contribution is -2.38. The summed E-state index contributed by atoms with van der Waals surface area (Å²) in [5, 5.41) is 19.4. The average molecular weight is 198 g/mol. The molecule has 0 saturated heterocycles. The van der Waals surface area contributed by atoms with Gasteiger partial charge in [0.1, 0.15) is 0 Å². The third-order valence-electron chi connectivity index (χ3n) is 3.26. The van der Waals surface area contributed by atoms with E-state index >= 15 is 0 Å². The van der Waals surface area contributed by atoms with E-state index in [1.165, 1.54) is 5.57 Å². The van der Waals surface area contributed by atoms with Crippen molar-refractivity contribution in [2.45, 2.75) is 52.1 Å². The zero-order valence-electron chi connectivity index (χ0n) is 9.51. The molecule has 82 valence electrons. The predicted molar refractivity (Wildman–Crippen MR) is 58.0 cm³/mol. The van der Waals surface area contributed by atoms with E-state index in [2.05, 4.69) is 6.92 Å². The highest BCUT2D eigenvalue weighted by atomic mass is 16.3. The lowest BCUT2D eigenvalue weighted by Gasteiger charge is -2.39. The van der Waals surface area contributed by atoms with Crippen molar-refractivity contribution in [1.82, 2.24) is 0 Å². The second kappa shape index (κ2) is 4.45. The molecule has 0 amide bonds. The Labute approximate surface area is 86.6 Å². The maximum Gasteiger partial charge on any atom is 0.0883 e. The molecule has 0 heterocycles. The van der Waals surface area contributed by atoms with Crippen LogP contribution in [0.1, 0.15) is 46.5 Å². The zero-order chi connectivity index (χ0) is 10.8. The molecule has 1 saturated carbocycles. The van der Waals surface area contributed by atoms with Gasteiger partial charge >= 0.3 is 0 Å². The smallest absolute Gasteiger partial charge is 0.0883 e. The van der Waals surface area contributed by atoms with Crippen LogP contribution in [0.15, 0.2) is 11.1 Å². The Bertz CT molecular complexity index is 228. The zero-order valence-corrected chi connectivity index (χ0v) is 9.51. The number of rotatable bonds is 2. The van der Waals surface area contributed by atoms with E-state index in [0.717, 1.165) is 24.8 Å². The van der Waals surface area contributed by atoms with E-state index in [1.54, 1.807) is 0 Å². The van der Waals surface area contributed by atoms with Gasteiger partial charge in [-0.2, -0.15) is 0 Å². The molecule has 0 aromatic heterocycles. The van der Waals surface area contributed by atoms with E-state index in [-0.39, 0.29) is 6.61 Å². The highest BCUT2D eigenvalue weighted by Crippen LogP contribution is 2.40. The lowest BCUT2D eigenvalue weighted by molar-refractivity contribution is 0.0112. The van der Waals surface area contributed by atoms with Crippen LogP contribution in [0.5, 0.6) is 0 Å². The average Bonchev–Trinajstić information content (AvgIpc) is 2.02. The molecule has 0 aliphatic heterocycles. The molecular formula is C12H22O2. The molecule has 0 spiro atoms. The Hall–Kier alpha value is -0.340. The van der Waals surface area contributed by atoms with Crippen LogP contribution in [-0.2, 0) is 0 Å². The fourth-order valence-corrected chi connectivity index (χ4v) is 2.58. The fourth-order valence-electron chi connectivity index (χ4n) is 2.58. The van der Waals surface area contributed by atoms with Crippen molar-refractivity contribution in [2.24, 2.45) is 5.92 Å². The van der Waals surface area contributed by atoms with Crippen molar-refractivity contribution in [1.29, 1.82) is 0 Å². The molecule has 1 aliphatic carbocycles. The molecule has 0 aromatic rings. The summed E-state index contributed by atoms with van der Waals surface area (Å²) in [6, 6.07) is 0. The fraction of sp³-hybridized carbons (Fsp3) is 0.833. The van der Waals surface area contributed by atoms with Crippen LogP contribution >= 0.6 is 0 Å². The van der Waals surface area contributed by atoms with Crippen LogP contribution in [0.25, 0.3) is 0 Å². The van der Waals surface area contributed by atoms with Crippen LogP contribution < -0.4 is 0 Å². The first kappa shape index (κ1) is 11.7. The SMILES string of the molecule is CC(C)=C1CC[C@@H](C)CC1(O)CCO. The predicted octanol–water partition coefficient (Wildman–Crippen LogP) is 2.26. The summed E-state index contributed by atoms with van der Waals surface area (Å²) in [7, 11) is 0. The Kier molecular flexibility index (Phi) is 3.73. The van der Waals surface area contributed by atoms with Crippen molar-refractivity contribution >= 4 is 0 Å². The van der Waals surface area contributed by atoms with Gasteiger partial charge in [-0.3, -0.25) is 0 Å². The maximum atomic E-state index is 10.5. The van der Waals surface area contributed by atoms with Gasteiger partial charge in [-0.1, -0.05) is 12.5 Å². The molecule has 1 fully saturated rings. The standard InChI is InChI=1S/C12H22O2/c1-9(2)11-5-4-10(3)8-12(11,14)6-7-13/h10,13-14H,4-8H2,1-3H3/t10-,12?/m1/s1. The number of hydrogen-bond acceptors (Lipinski definition) is 2. The summed E-state index contributed by atoms with van der Waals surface area (Å²) >= 11 is 0.